The van der Waals surface area contributed by atoms with Crippen LogP contribution in [0, 0.1) is 5.92 Å². The van der Waals surface area contributed by atoms with Gasteiger partial charge in [0.15, 0.2) is 12.0 Å². The minimum absolute atomic E-state index is 0.0526. The number of hydrogen-bond donors (Lipinski definition) is 1. The van der Waals surface area contributed by atoms with Crippen LogP contribution in [-0.2, 0) is 17.9 Å². The third kappa shape index (κ3) is 5.95. The lowest BCUT2D eigenvalue weighted by Gasteiger charge is -2.43. The lowest BCUT2D eigenvalue weighted by Crippen LogP contribution is -2.53. The fourth-order valence-electron chi connectivity index (χ4n) is 7.01. The van der Waals surface area contributed by atoms with Gasteiger partial charge in [0.05, 0.1) is 30.3 Å². The van der Waals surface area contributed by atoms with Crippen molar-refractivity contribution in [3.8, 4) is 11.4 Å². The van der Waals surface area contributed by atoms with E-state index in [1.165, 1.54) is 17.3 Å². The minimum atomic E-state index is -1.12. The van der Waals surface area contributed by atoms with E-state index >= 15 is 0 Å². The van der Waals surface area contributed by atoms with Crippen molar-refractivity contribution in [2.24, 2.45) is 5.92 Å². The fraction of sp³-hybridized carbons (Fsp3) is 0.371. The van der Waals surface area contributed by atoms with E-state index in [9.17, 15) is 14.7 Å². The van der Waals surface area contributed by atoms with E-state index in [1.807, 2.05) is 58.1 Å². The molecule has 2 saturated heterocycles. The Balaban J connectivity index is 1.02. The summed E-state index contributed by atoms with van der Waals surface area (Å²) in [5.41, 5.74) is 2.14. The van der Waals surface area contributed by atoms with Crippen LogP contribution in [0.15, 0.2) is 95.1 Å². The third-order valence-electron chi connectivity index (χ3n) is 9.60. The molecule has 2 aromatic carbocycles. The molecule has 0 saturated carbocycles. The molecule has 0 aliphatic carbocycles. The van der Waals surface area contributed by atoms with Gasteiger partial charge in [0.2, 0.25) is 5.91 Å². The SMILES string of the molecule is COc1ccc(-n2ccc3c(=O)n(CC4(O)CCN(C(=O)[C@@H]5CCN(Cc6cocn6)C[C@H]5c5ccccc5)CC4)cnc32)cc1. The van der Waals surface area contributed by atoms with E-state index in [4.69, 9.17) is 9.15 Å². The number of likely N-dealkylation sites (tertiary alicyclic amines) is 2. The normalized spacial score (nSPS) is 20.2. The van der Waals surface area contributed by atoms with Crippen molar-refractivity contribution in [1.82, 2.24) is 28.9 Å². The Morgan fingerprint density at radius 1 is 1.04 bits per heavy atom. The predicted molar refractivity (Wildman–Crippen MR) is 172 cm³/mol. The quantitative estimate of drug-likeness (QED) is 0.277. The number of carbonyl (C=O) groups excluding carboxylic acids is 1. The number of amides is 1. The number of oxazole rings is 1. The van der Waals surface area contributed by atoms with Gasteiger partial charge in [-0.1, -0.05) is 30.3 Å². The summed E-state index contributed by atoms with van der Waals surface area (Å²) < 4.78 is 13.8. The second-order valence-electron chi connectivity index (χ2n) is 12.5. The molecule has 5 heterocycles. The highest BCUT2D eigenvalue weighted by Gasteiger charge is 2.41. The number of ether oxygens (including phenoxy) is 1. The first kappa shape index (κ1) is 29.9. The van der Waals surface area contributed by atoms with Crippen molar-refractivity contribution >= 4 is 16.9 Å². The Labute approximate surface area is 266 Å². The molecule has 0 spiro atoms. The van der Waals surface area contributed by atoms with Gasteiger partial charge >= 0.3 is 0 Å². The minimum Gasteiger partial charge on any atom is -0.497 e. The number of methoxy groups -OCH3 is 1. The molecule has 11 heteroatoms. The summed E-state index contributed by atoms with van der Waals surface area (Å²) in [5, 5.41) is 12.1. The van der Waals surface area contributed by atoms with Gasteiger partial charge in [0.25, 0.3) is 5.56 Å². The first-order valence-electron chi connectivity index (χ1n) is 15.8. The Hall–Kier alpha value is -4.74. The monoisotopic (exact) mass is 622 g/mol. The molecule has 2 atom stereocenters. The zero-order chi connectivity index (χ0) is 31.7. The summed E-state index contributed by atoms with van der Waals surface area (Å²) in [5.74, 6) is 0.789. The molecule has 0 bridgehead atoms. The van der Waals surface area contributed by atoms with E-state index in [-0.39, 0.29) is 29.8 Å². The van der Waals surface area contributed by atoms with Crippen LogP contribution < -0.4 is 10.3 Å². The van der Waals surface area contributed by atoms with Gasteiger partial charge in [-0.25, -0.2) is 9.97 Å². The number of rotatable bonds is 8. The Bertz CT molecular complexity index is 1840. The number of piperidine rings is 2. The fourth-order valence-corrected chi connectivity index (χ4v) is 7.01. The smallest absolute Gasteiger partial charge is 0.262 e. The third-order valence-corrected chi connectivity index (χ3v) is 9.60. The summed E-state index contributed by atoms with van der Waals surface area (Å²) >= 11 is 0. The highest BCUT2D eigenvalue weighted by atomic mass is 16.5. The van der Waals surface area contributed by atoms with Gasteiger partial charge in [-0.05, 0) is 61.7 Å². The van der Waals surface area contributed by atoms with E-state index in [0.717, 1.165) is 42.2 Å². The maximum atomic E-state index is 14.0. The maximum Gasteiger partial charge on any atom is 0.262 e. The van der Waals surface area contributed by atoms with Crippen molar-refractivity contribution in [3.63, 3.8) is 0 Å². The number of aromatic nitrogens is 4. The molecular weight excluding hydrogens is 584 g/mol. The van der Waals surface area contributed by atoms with Gasteiger partial charge in [0, 0.05) is 49.9 Å². The lowest BCUT2D eigenvalue weighted by atomic mass is 9.79. The summed E-state index contributed by atoms with van der Waals surface area (Å²) in [4.78, 5) is 40.6. The highest BCUT2D eigenvalue weighted by molar-refractivity contribution is 5.80. The molecule has 0 radical (unpaired) electrons. The largest absolute Gasteiger partial charge is 0.497 e. The van der Waals surface area contributed by atoms with E-state index in [2.05, 4.69) is 27.0 Å². The van der Waals surface area contributed by atoms with Crippen LogP contribution in [0.25, 0.3) is 16.7 Å². The maximum absolute atomic E-state index is 14.0. The molecule has 7 rings (SSSR count). The first-order chi connectivity index (χ1) is 22.4. The average molecular weight is 623 g/mol. The highest BCUT2D eigenvalue weighted by Crippen LogP contribution is 2.36. The number of fused-ring (bicyclic) bond motifs is 1. The molecular formula is C35H38N6O5. The topological polar surface area (TPSA) is 119 Å². The number of hydrogen-bond acceptors (Lipinski definition) is 8. The number of nitrogens with zero attached hydrogens (tertiary/aromatic N) is 6. The average Bonchev–Trinajstić information content (AvgIpc) is 3.77. The van der Waals surface area contributed by atoms with E-state index in [1.54, 1.807) is 19.4 Å². The second-order valence-corrected chi connectivity index (χ2v) is 12.5. The van der Waals surface area contributed by atoms with Gasteiger partial charge in [-0.3, -0.25) is 19.1 Å². The Morgan fingerprint density at radius 2 is 1.83 bits per heavy atom. The number of carbonyl (C=O) groups is 1. The first-order valence-corrected chi connectivity index (χ1v) is 15.8. The summed E-state index contributed by atoms with van der Waals surface area (Å²) in [7, 11) is 1.62. The molecule has 0 unspecified atom stereocenters. The Morgan fingerprint density at radius 3 is 2.54 bits per heavy atom. The van der Waals surface area contributed by atoms with Gasteiger partial charge < -0.3 is 23.7 Å². The van der Waals surface area contributed by atoms with E-state index < -0.39 is 5.60 Å². The van der Waals surface area contributed by atoms with Crippen molar-refractivity contribution < 1.29 is 19.1 Å². The molecule has 11 nitrogen and oxygen atoms in total. The van der Waals surface area contributed by atoms with Crippen LogP contribution in [0.4, 0.5) is 0 Å². The van der Waals surface area contributed by atoms with Crippen LogP contribution in [0.1, 0.15) is 36.4 Å². The lowest BCUT2D eigenvalue weighted by molar-refractivity contribution is -0.142. The summed E-state index contributed by atoms with van der Waals surface area (Å²) in [6.45, 7) is 3.23. The summed E-state index contributed by atoms with van der Waals surface area (Å²) in [6.07, 6.45) is 7.97. The van der Waals surface area contributed by atoms with Gasteiger partial charge in [-0.15, -0.1) is 0 Å². The molecule has 2 aliphatic rings. The van der Waals surface area contributed by atoms with Crippen LogP contribution in [0.2, 0.25) is 0 Å². The standard InChI is InChI=1S/C35H38N6O5/c1-45-28-9-7-27(8-10-28)41-16-12-30-32(41)36-23-40(34(30)43)22-35(44)13-17-39(18-14-35)33(42)29-11-15-38(19-26-21-46-24-37-26)20-31(29)25-5-3-2-4-6-25/h2-10,12,16,21,23-24,29,31,44H,11,13-15,17-20,22H2,1H3/t29-,31+/m1/s1. The molecule has 238 valence electrons. The van der Waals surface area contributed by atoms with Crippen LogP contribution in [0.3, 0.4) is 0 Å². The predicted octanol–water partition coefficient (Wildman–Crippen LogP) is 3.84. The molecule has 46 heavy (non-hydrogen) atoms. The molecule has 1 amide bonds. The Kier molecular flexibility index (Phi) is 8.18. The number of benzene rings is 2. The van der Waals surface area contributed by atoms with Gasteiger partial charge in [-0.2, -0.15) is 0 Å². The van der Waals surface area contributed by atoms with Crippen LogP contribution in [0.5, 0.6) is 5.75 Å². The zero-order valence-electron chi connectivity index (χ0n) is 25.9. The van der Waals surface area contributed by atoms with Crippen molar-refractivity contribution in [3.05, 3.63) is 107 Å². The molecule has 2 fully saturated rings. The number of aliphatic hydroxyl groups is 1. The molecule has 3 aromatic heterocycles. The van der Waals surface area contributed by atoms with Crippen molar-refractivity contribution in [2.75, 3.05) is 33.3 Å². The van der Waals surface area contributed by atoms with Crippen molar-refractivity contribution in [1.29, 1.82) is 0 Å². The van der Waals surface area contributed by atoms with Crippen LogP contribution in [-0.4, -0.2) is 78.8 Å². The summed E-state index contributed by atoms with van der Waals surface area (Å²) in [6, 6.07) is 19.6. The molecule has 1 N–H and O–H groups in total. The zero-order valence-corrected chi connectivity index (χ0v) is 25.9. The van der Waals surface area contributed by atoms with E-state index in [0.29, 0.717) is 43.5 Å². The molecule has 5 aromatic rings. The van der Waals surface area contributed by atoms with Gasteiger partial charge in [0.1, 0.15) is 18.3 Å². The second kappa shape index (κ2) is 12.6. The molecule has 2 aliphatic heterocycles. The van der Waals surface area contributed by atoms with Crippen LogP contribution >= 0.6 is 0 Å². The van der Waals surface area contributed by atoms with Crippen molar-refractivity contribution in [2.45, 2.75) is 43.9 Å².